The molecule has 41 heavy (non-hydrogen) atoms. The van der Waals surface area contributed by atoms with Gasteiger partial charge in [0.1, 0.15) is 18.2 Å². The molecule has 1 unspecified atom stereocenters. The van der Waals surface area contributed by atoms with Crippen molar-refractivity contribution in [1.82, 2.24) is 19.5 Å². The van der Waals surface area contributed by atoms with E-state index in [-0.39, 0.29) is 19.1 Å². The summed E-state index contributed by atoms with van der Waals surface area (Å²) in [4.78, 5) is 22.4. The summed E-state index contributed by atoms with van der Waals surface area (Å²) in [6, 6.07) is 0. The van der Waals surface area contributed by atoms with E-state index in [2.05, 4.69) is 26.8 Å². The second kappa shape index (κ2) is 19.5. The molecule has 0 radical (unpaired) electrons. The molecule has 0 bridgehead atoms. The van der Waals surface area contributed by atoms with E-state index in [0.717, 1.165) is 24.3 Å². The SMILES string of the molecule is C[C@H](Cn1cnc2c(N)ncnc21)OCP(=O)(O)OCCCSCCCCCCCCCCCC#CC1CCCC1. The van der Waals surface area contributed by atoms with Crippen molar-refractivity contribution in [3.8, 4) is 11.8 Å². The predicted octanol–water partition coefficient (Wildman–Crippen LogP) is 7.19. The minimum absolute atomic E-state index is 0.258. The highest BCUT2D eigenvalue weighted by Crippen LogP contribution is 2.42. The molecule has 9 nitrogen and oxygen atoms in total. The lowest BCUT2D eigenvalue weighted by atomic mass is 10.1. The number of thioether (sulfide) groups is 1. The quantitative estimate of drug-likeness (QED) is 0.0861. The van der Waals surface area contributed by atoms with Gasteiger partial charge in [0.2, 0.25) is 0 Å². The fraction of sp³-hybridized carbons (Fsp3) is 0.767. The third kappa shape index (κ3) is 13.9. The van der Waals surface area contributed by atoms with Crippen molar-refractivity contribution in [1.29, 1.82) is 0 Å². The zero-order valence-electron chi connectivity index (χ0n) is 24.8. The monoisotopic (exact) mass is 607 g/mol. The van der Waals surface area contributed by atoms with Crippen LogP contribution in [0.3, 0.4) is 0 Å². The molecular weight excluding hydrogens is 557 g/mol. The van der Waals surface area contributed by atoms with Gasteiger partial charge in [0.15, 0.2) is 11.5 Å². The first-order valence-corrected chi connectivity index (χ1v) is 18.4. The Kier molecular flexibility index (Phi) is 16.1. The van der Waals surface area contributed by atoms with Crippen molar-refractivity contribution in [2.24, 2.45) is 5.92 Å². The molecule has 1 aliphatic rings. The number of anilines is 1. The summed E-state index contributed by atoms with van der Waals surface area (Å²) in [5.41, 5.74) is 6.95. The van der Waals surface area contributed by atoms with Crippen molar-refractivity contribution < 1.29 is 18.7 Å². The predicted molar refractivity (Wildman–Crippen MR) is 169 cm³/mol. The van der Waals surface area contributed by atoms with Crippen LogP contribution in [0.5, 0.6) is 0 Å². The van der Waals surface area contributed by atoms with Gasteiger partial charge in [-0.05, 0) is 50.5 Å². The van der Waals surface area contributed by atoms with Crippen LogP contribution in [0.1, 0.15) is 103 Å². The topological polar surface area (TPSA) is 125 Å². The summed E-state index contributed by atoms with van der Waals surface area (Å²) in [5.74, 6) is 9.96. The number of ether oxygens (including phenoxy) is 1. The molecule has 230 valence electrons. The Bertz CT molecular complexity index is 1120. The van der Waals surface area contributed by atoms with Crippen LogP contribution in [0, 0.1) is 17.8 Å². The van der Waals surface area contributed by atoms with Crippen molar-refractivity contribution >= 4 is 36.3 Å². The van der Waals surface area contributed by atoms with Crippen LogP contribution in [-0.4, -0.2) is 55.0 Å². The average molecular weight is 608 g/mol. The Morgan fingerprint density at radius 1 is 1.05 bits per heavy atom. The lowest BCUT2D eigenvalue weighted by molar-refractivity contribution is 0.0718. The van der Waals surface area contributed by atoms with Crippen LogP contribution >= 0.6 is 19.4 Å². The number of aromatic nitrogens is 4. The van der Waals surface area contributed by atoms with Gasteiger partial charge in [0.25, 0.3) is 0 Å². The van der Waals surface area contributed by atoms with Gasteiger partial charge < -0.3 is 24.5 Å². The number of nitrogen functional groups attached to an aromatic ring is 1. The molecule has 0 saturated heterocycles. The van der Waals surface area contributed by atoms with E-state index < -0.39 is 7.60 Å². The van der Waals surface area contributed by atoms with E-state index >= 15 is 0 Å². The van der Waals surface area contributed by atoms with Gasteiger partial charge in [-0.15, -0.1) is 5.92 Å². The zero-order valence-corrected chi connectivity index (χ0v) is 26.6. The van der Waals surface area contributed by atoms with Gasteiger partial charge in [-0.2, -0.15) is 11.8 Å². The van der Waals surface area contributed by atoms with Gasteiger partial charge in [-0.3, -0.25) is 4.57 Å². The van der Waals surface area contributed by atoms with Crippen LogP contribution in [-0.2, 0) is 20.4 Å². The van der Waals surface area contributed by atoms with E-state index in [0.29, 0.717) is 29.4 Å². The summed E-state index contributed by atoms with van der Waals surface area (Å²) >= 11 is 1.89. The lowest BCUT2D eigenvalue weighted by Crippen LogP contribution is -2.17. The largest absolute Gasteiger partial charge is 0.382 e. The summed E-state index contributed by atoms with van der Waals surface area (Å²) in [6.07, 6.45) is 21.4. The fourth-order valence-corrected chi connectivity index (χ4v) is 6.90. The molecule has 0 amide bonds. The first kappa shape index (κ1) is 33.9. The lowest BCUT2D eigenvalue weighted by Gasteiger charge is -2.17. The second-order valence-electron chi connectivity index (χ2n) is 11.1. The van der Waals surface area contributed by atoms with Crippen LogP contribution in [0.25, 0.3) is 11.2 Å². The number of rotatable bonds is 21. The van der Waals surface area contributed by atoms with Gasteiger partial charge in [-0.25, -0.2) is 15.0 Å². The number of fused-ring (bicyclic) bond motifs is 1. The van der Waals surface area contributed by atoms with E-state index in [4.69, 9.17) is 15.0 Å². The van der Waals surface area contributed by atoms with Crippen LogP contribution in [0.2, 0.25) is 0 Å². The minimum Gasteiger partial charge on any atom is -0.382 e. The van der Waals surface area contributed by atoms with E-state index in [9.17, 15) is 9.46 Å². The standard InChI is InChI=1S/C30H50N5O4PS/c1-26(22-35-24-34-28-29(31)32-23-33-30(28)35)38-25-40(36,37)39-19-15-21-41-20-14-10-8-6-4-2-3-5-7-9-11-16-27-17-12-13-18-27/h23-24,26-27H,2-10,12-15,17-22,25H2,1H3,(H,36,37)(H2,31,32,33)/t26-/m1/s1. The molecule has 2 heterocycles. The van der Waals surface area contributed by atoms with Crippen LogP contribution < -0.4 is 5.73 Å². The molecule has 2 atom stereocenters. The molecule has 0 spiro atoms. The Labute approximate surface area is 250 Å². The molecule has 3 rings (SSSR count). The van der Waals surface area contributed by atoms with Crippen molar-refractivity contribution in [3.05, 3.63) is 12.7 Å². The highest BCUT2D eigenvalue weighted by Gasteiger charge is 2.21. The summed E-state index contributed by atoms with van der Waals surface area (Å²) < 4.78 is 24.9. The number of unbranched alkanes of at least 4 members (excludes halogenated alkanes) is 9. The molecule has 2 aromatic heterocycles. The van der Waals surface area contributed by atoms with Gasteiger partial charge in [0.05, 0.1) is 25.6 Å². The maximum Gasteiger partial charge on any atom is 0.353 e. The number of nitrogens with two attached hydrogens (primary N) is 1. The third-order valence-corrected chi connectivity index (χ3v) is 9.60. The maximum atomic E-state index is 12.3. The van der Waals surface area contributed by atoms with Crippen molar-refractivity contribution in [2.75, 3.05) is 30.2 Å². The smallest absolute Gasteiger partial charge is 0.353 e. The Morgan fingerprint density at radius 3 is 2.49 bits per heavy atom. The van der Waals surface area contributed by atoms with Gasteiger partial charge in [0, 0.05) is 12.3 Å². The van der Waals surface area contributed by atoms with Crippen molar-refractivity contribution in [3.63, 3.8) is 0 Å². The Morgan fingerprint density at radius 2 is 1.73 bits per heavy atom. The number of nitrogens with zero attached hydrogens (tertiary/aromatic N) is 4. The van der Waals surface area contributed by atoms with E-state index in [1.165, 1.54) is 89.8 Å². The maximum absolute atomic E-state index is 12.3. The number of hydrogen-bond acceptors (Lipinski definition) is 8. The normalized spacial score (nSPS) is 16.0. The molecule has 0 aliphatic heterocycles. The van der Waals surface area contributed by atoms with E-state index in [1.807, 2.05) is 18.7 Å². The highest BCUT2D eigenvalue weighted by atomic mass is 32.2. The molecule has 3 N–H and O–H groups in total. The molecule has 2 aromatic rings. The van der Waals surface area contributed by atoms with Crippen LogP contribution in [0.15, 0.2) is 12.7 Å². The van der Waals surface area contributed by atoms with E-state index in [1.54, 1.807) is 10.9 Å². The Balaban J connectivity index is 1.08. The molecule has 0 aromatic carbocycles. The number of hydrogen-bond donors (Lipinski definition) is 2. The summed E-state index contributed by atoms with van der Waals surface area (Å²) in [5, 5.41) is 0. The first-order chi connectivity index (χ1) is 19.9. The second-order valence-corrected chi connectivity index (χ2v) is 14.1. The van der Waals surface area contributed by atoms with Crippen LogP contribution in [0.4, 0.5) is 5.82 Å². The molecule has 11 heteroatoms. The Hall–Kier alpha value is -1.63. The molecule has 1 aliphatic carbocycles. The number of imidazole rings is 1. The van der Waals surface area contributed by atoms with Gasteiger partial charge >= 0.3 is 7.60 Å². The molecular formula is C30H50N5O4PS. The third-order valence-electron chi connectivity index (χ3n) is 7.38. The summed E-state index contributed by atoms with van der Waals surface area (Å²) in [6.45, 7) is 2.50. The van der Waals surface area contributed by atoms with Gasteiger partial charge in [-0.1, -0.05) is 63.7 Å². The fourth-order valence-electron chi connectivity index (χ4n) is 5.03. The molecule has 1 fully saturated rings. The zero-order chi connectivity index (χ0) is 29.2. The average Bonchev–Trinajstić information content (AvgIpc) is 3.62. The van der Waals surface area contributed by atoms with Crippen molar-refractivity contribution in [2.45, 2.75) is 116 Å². The first-order valence-electron chi connectivity index (χ1n) is 15.5. The minimum atomic E-state index is -3.79. The summed E-state index contributed by atoms with van der Waals surface area (Å²) in [7, 11) is -3.79. The molecule has 1 saturated carbocycles. The highest BCUT2D eigenvalue weighted by molar-refractivity contribution is 7.99.